The third-order valence-electron chi connectivity index (χ3n) is 5.04. The van der Waals surface area contributed by atoms with Crippen molar-refractivity contribution in [1.82, 2.24) is 4.90 Å². The first-order chi connectivity index (χ1) is 15.0. The molecular weight excluding hydrogens is 416 g/mol. The minimum Gasteiger partial charge on any atom is -0.490 e. The molecule has 2 aliphatic rings. The van der Waals surface area contributed by atoms with Gasteiger partial charge in [-0.1, -0.05) is 31.2 Å². The lowest BCUT2D eigenvalue weighted by molar-refractivity contribution is -0.139. The van der Waals surface area contributed by atoms with Crippen LogP contribution in [0.2, 0.25) is 0 Å². The molecule has 1 aromatic carbocycles. The first kappa shape index (κ1) is 23.2. The van der Waals surface area contributed by atoms with Gasteiger partial charge in [-0.05, 0) is 44.9 Å². The van der Waals surface area contributed by atoms with E-state index >= 15 is 0 Å². The van der Waals surface area contributed by atoms with E-state index < -0.39 is 12.0 Å². The third-order valence-corrected chi connectivity index (χ3v) is 6.00. The number of amides is 1. The molecule has 0 unspecified atom stereocenters. The van der Waals surface area contributed by atoms with Crippen molar-refractivity contribution >= 4 is 28.8 Å². The molecule has 0 N–H and O–H groups in total. The number of ether oxygens (including phenoxy) is 3. The zero-order valence-electron chi connectivity index (χ0n) is 18.6. The Morgan fingerprint density at radius 3 is 2.71 bits per heavy atom. The van der Waals surface area contributed by atoms with E-state index in [1.54, 1.807) is 18.7 Å². The van der Waals surface area contributed by atoms with Crippen LogP contribution in [0, 0.1) is 0 Å². The zero-order valence-corrected chi connectivity index (χ0v) is 19.4. The number of thioether (sulfide) groups is 1. The fraction of sp³-hybridized carbons (Fsp3) is 0.522. The van der Waals surface area contributed by atoms with E-state index in [1.165, 1.54) is 11.8 Å². The highest BCUT2D eigenvalue weighted by Gasteiger charge is 2.41. The van der Waals surface area contributed by atoms with Gasteiger partial charge in [-0.3, -0.25) is 9.69 Å². The Morgan fingerprint density at radius 2 is 2.00 bits per heavy atom. The highest BCUT2D eigenvalue weighted by atomic mass is 32.2. The van der Waals surface area contributed by atoms with Gasteiger partial charge in [0.1, 0.15) is 0 Å². The number of carbonyl (C=O) groups is 2. The number of esters is 1. The zero-order chi connectivity index (χ0) is 22.4. The molecule has 0 bridgehead atoms. The number of unbranched alkanes of at least 4 members (excludes halogenated alkanes) is 1. The van der Waals surface area contributed by atoms with Crippen molar-refractivity contribution in [3.8, 4) is 11.5 Å². The highest BCUT2D eigenvalue weighted by molar-refractivity contribution is 8.14. The highest BCUT2D eigenvalue weighted by Crippen LogP contribution is 2.42. The number of carbonyl (C=O) groups excluding carboxylic acids is 2. The molecule has 1 amide bonds. The Kier molecular flexibility index (Phi) is 8.01. The van der Waals surface area contributed by atoms with Crippen molar-refractivity contribution in [1.29, 1.82) is 0 Å². The number of amidine groups is 1. The molecule has 1 fully saturated rings. The van der Waals surface area contributed by atoms with Crippen LogP contribution in [0.15, 0.2) is 34.5 Å². The van der Waals surface area contributed by atoms with E-state index in [4.69, 9.17) is 14.2 Å². The van der Waals surface area contributed by atoms with Gasteiger partial charge in [-0.25, -0.2) is 9.79 Å². The summed E-state index contributed by atoms with van der Waals surface area (Å²) in [6.45, 7) is 8.89. The van der Waals surface area contributed by atoms with Crippen LogP contribution in [-0.4, -0.2) is 47.5 Å². The minimum atomic E-state index is -0.615. The summed E-state index contributed by atoms with van der Waals surface area (Å²) >= 11 is 1.52. The van der Waals surface area contributed by atoms with Gasteiger partial charge in [-0.15, -0.1) is 0 Å². The summed E-state index contributed by atoms with van der Waals surface area (Å²) in [5.41, 5.74) is 1.71. The molecule has 3 rings (SSSR count). The van der Waals surface area contributed by atoms with Crippen LogP contribution in [0.3, 0.4) is 0 Å². The van der Waals surface area contributed by atoms with Gasteiger partial charge >= 0.3 is 5.97 Å². The molecule has 1 aromatic rings. The normalized spacial score (nSPS) is 18.5. The second-order valence-corrected chi connectivity index (χ2v) is 8.28. The summed E-state index contributed by atoms with van der Waals surface area (Å²) in [7, 11) is 0. The number of hydrogen-bond donors (Lipinski definition) is 0. The van der Waals surface area contributed by atoms with Crippen molar-refractivity contribution in [2.45, 2.75) is 53.0 Å². The number of allylic oxidation sites excluding steroid dienone is 1. The first-order valence-corrected chi connectivity index (χ1v) is 11.8. The second-order valence-electron chi connectivity index (χ2n) is 7.22. The van der Waals surface area contributed by atoms with E-state index in [0.717, 1.165) is 18.4 Å². The second kappa shape index (κ2) is 10.7. The number of nitrogens with zero attached hydrogens (tertiary/aromatic N) is 2. The number of fused-ring (bicyclic) bond motifs is 1. The van der Waals surface area contributed by atoms with E-state index in [1.807, 2.05) is 25.1 Å². The van der Waals surface area contributed by atoms with Crippen LogP contribution >= 0.6 is 11.8 Å². The largest absolute Gasteiger partial charge is 0.490 e. The summed E-state index contributed by atoms with van der Waals surface area (Å²) in [5, 5.41) is 0.619. The quantitative estimate of drug-likeness (QED) is 0.411. The average Bonchev–Trinajstić information content (AvgIpc) is 2.74. The molecule has 31 heavy (non-hydrogen) atoms. The van der Waals surface area contributed by atoms with Gasteiger partial charge in [0.05, 0.1) is 37.1 Å². The van der Waals surface area contributed by atoms with Crippen molar-refractivity contribution in [3.05, 3.63) is 35.0 Å². The van der Waals surface area contributed by atoms with Crippen molar-refractivity contribution in [3.63, 3.8) is 0 Å². The lowest BCUT2D eigenvalue weighted by atomic mass is 9.93. The van der Waals surface area contributed by atoms with E-state index in [-0.39, 0.29) is 12.5 Å². The summed E-state index contributed by atoms with van der Waals surface area (Å²) in [6, 6.07) is 4.98. The maximum absolute atomic E-state index is 12.9. The summed E-state index contributed by atoms with van der Waals surface area (Å²) in [5.74, 6) is 1.41. The number of benzene rings is 1. The monoisotopic (exact) mass is 446 g/mol. The van der Waals surface area contributed by atoms with Crippen LogP contribution in [0.25, 0.3) is 0 Å². The lowest BCUT2D eigenvalue weighted by Gasteiger charge is -2.39. The predicted molar refractivity (Wildman–Crippen MR) is 121 cm³/mol. The van der Waals surface area contributed by atoms with E-state index in [9.17, 15) is 9.59 Å². The van der Waals surface area contributed by atoms with Gasteiger partial charge < -0.3 is 14.2 Å². The fourth-order valence-electron chi connectivity index (χ4n) is 3.59. The van der Waals surface area contributed by atoms with Crippen LogP contribution in [-0.2, 0) is 14.3 Å². The Hall–Kier alpha value is -2.48. The molecule has 168 valence electrons. The summed E-state index contributed by atoms with van der Waals surface area (Å²) in [4.78, 5) is 31.9. The van der Waals surface area contributed by atoms with Crippen LogP contribution < -0.4 is 9.47 Å². The predicted octanol–water partition coefficient (Wildman–Crippen LogP) is 4.48. The summed E-state index contributed by atoms with van der Waals surface area (Å²) in [6.07, 6.45) is 2.38. The minimum absolute atomic E-state index is 0.0574. The Bertz CT molecular complexity index is 896. The molecular formula is C23H30N2O5S. The van der Waals surface area contributed by atoms with E-state index in [2.05, 4.69) is 11.9 Å². The van der Waals surface area contributed by atoms with Gasteiger partial charge in [0.2, 0.25) is 5.91 Å². The molecule has 0 aromatic heterocycles. The molecule has 2 aliphatic heterocycles. The van der Waals surface area contributed by atoms with Crippen molar-refractivity contribution in [2.24, 2.45) is 4.99 Å². The molecule has 0 radical (unpaired) electrons. The topological polar surface area (TPSA) is 77.4 Å². The molecule has 0 saturated carbocycles. The van der Waals surface area contributed by atoms with Gasteiger partial charge in [-0.2, -0.15) is 0 Å². The number of aliphatic imine (C=N–C) groups is 1. The maximum Gasteiger partial charge on any atom is 0.338 e. The van der Waals surface area contributed by atoms with Gasteiger partial charge in [0, 0.05) is 12.2 Å². The van der Waals surface area contributed by atoms with Crippen molar-refractivity contribution in [2.75, 3.05) is 25.6 Å². The van der Waals surface area contributed by atoms with E-state index in [0.29, 0.717) is 53.3 Å². The molecule has 2 heterocycles. The number of rotatable bonds is 9. The Morgan fingerprint density at radius 1 is 1.19 bits per heavy atom. The van der Waals surface area contributed by atoms with Crippen LogP contribution in [0.1, 0.15) is 58.6 Å². The molecule has 0 aliphatic carbocycles. The third kappa shape index (κ3) is 5.06. The van der Waals surface area contributed by atoms with Gasteiger partial charge in [0.25, 0.3) is 0 Å². The summed E-state index contributed by atoms with van der Waals surface area (Å²) < 4.78 is 17.1. The lowest BCUT2D eigenvalue weighted by Crippen LogP contribution is -2.45. The van der Waals surface area contributed by atoms with Crippen LogP contribution in [0.5, 0.6) is 11.5 Å². The Balaban J connectivity index is 2.07. The smallest absolute Gasteiger partial charge is 0.338 e. The standard InChI is InChI=1S/C23H30N2O5S/c1-5-8-12-30-17-10-9-16(14-18(17)28-6-2)21-20(22(27)29-7-3)15(4)24-23-25(21)19(26)11-13-31-23/h9-10,14,21H,5-8,11-13H2,1-4H3/t21-/m1/s1. The number of hydrogen-bond acceptors (Lipinski definition) is 7. The molecule has 7 nitrogen and oxygen atoms in total. The Labute approximate surface area is 187 Å². The average molecular weight is 447 g/mol. The molecule has 8 heteroatoms. The SMILES string of the molecule is CCCCOc1ccc([C@@H]2C(C(=O)OCC)=C(C)N=C3SCCC(=O)N32)cc1OCC. The molecule has 1 atom stereocenters. The van der Waals surface area contributed by atoms with Crippen LogP contribution in [0.4, 0.5) is 0 Å². The fourth-order valence-corrected chi connectivity index (χ4v) is 4.60. The first-order valence-electron chi connectivity index (χ1n) is 10.8. The molecule has 0 spiro atoms. The van der Waals surface area contributed by atoms with Gasteiger partial charge in [0.15, 0.2) is 16.7 Å². The maximum atomic E-state index is 12.9. The molecule has 1 saturated heterocycles. The van der Waals surface area contributed by atoms with Crippen molar-refractivity contribution < 1.29 is 23.8 Å².